The number of nitriles is 1. The quantitative estimate of drug-likeness (QED) is 0.903. The fourth-order valence-electron chi connectivity index (χ4n) is 1.99. The molecule has 0 spiro atoms. The van der Waals surface area contributed by atoms with Crippen LogP contribution in [0.4, 0.5) is 18.9 Å². The van der Waals surface area contributed by atoms with Crippen LogP contribution in [0.3, 0.4) is 0 Å². The number of alkyl halides is 3. The van der Waals surface area contributed by atoms with Gasteiger partial charge < -0.3 is 10.0 Å². The van der Waals surface area contributed by atoms with E-state index >= 15 is 0 Å². The average molecular weight is 286 g/mol. The van der Waals surface area contributed by atoms with Gasteiger partial charge in [0.1, 0.15) is 0 Å². The highest BCUT2D eigenvalue weighted by atomic mass is 19.4. The largest absolute Gasteiger partial charge is 0.418 e. The topological polar surface area (TPSA) is 47.3 Å². The van der Waals surface area contributed by atoms with Crippen LogP contribution in [0.1, 0.15) is 31.4 Å². The summed E-state index contributed by atoms with van der Waals surface area (Å²) in [6.45, 7) is 3.34. The summed E-state index contributed by atoms with van der Waals surface area (Å²) in [5, 5.41) is 17.6. The minimum absolute atomic E-state index is 0.0416. The molecule has 0 aliphatic heterocycles. The van der Waals surface area contributed by atoms with Crippen molar-refractivity contribution in [1.82, 2.24) is 0 Å². The van der Waals surface area contributed by atoms with Crippen LogP contribution in [0.2, 0.25) is 0 Å². The summed E-state index contributed by atoms with van der Waals surface area (Å²) in [5.41, 5.74) is -0.527. The van der Waals surface area contributed by atoms with Crippen molar-refractivity contribution in [2.24, 2.45) is 0 Å². The van der Waals surface area contributed by atoms with Crippen LogP contribution in [0.15, 0.2) is 18.2 Å². The second kappa shape index (κ2) is 6.62. The lowest BCUT2D eigenvalue weighted by molar-refractivity contribution is -0.137. The molecule has 20 heavy (non-hydrogen) atoms. The zero-order valence-electron chi connectivity index (χ0n) is 11.4. The maximum absolute atomic E-state index is 13.1. The van der Waals surface area contributed by atoms with E-state index < -0.39 is 18.3 Å². The van der Waals surface area contributed by atoms with Crippen LogP contribution in [-0.4, -0.2) is 17.7 Å². The van der Waals surface area contributed by atoms with Crippen LogP contribution in [0, 0.1) is 11.3 Å². The van der Waals surface area contributed by atoms with Crippen LogP contribution in [0.25, 0.3) is 0 Å². The lowest BCUT2D eigenvalue weighted by Crippen LogP contribution is -2.33. The molecule has 0 atom stereocenters. The van der Waals surface area contributed by atoms with E-state index in [0.29, 0.717) is 0 Å². The molecule has 3 nitrogen and oxygen atoms in total. The number of nitrogens with zero attached hydrogens (tertiary/aromatic N) is 2. The molecule has 0 aliphatic rings. The van der Waals surface area contributed by atoms with Gasteiger partial charge in [0, 0.05) is 18.3 Å². The van der Waals surface area contributed by atoms with Gasteiger partial charge in [-0.3, -0.25) is 0 Å². The molecule has 0 aliphatic carbocycles. The first-order chi connectivity index (χ1) is 9.31. The zero-order valence-corrected chi connectivity index (χ0v) is 11.4. The van der Waals surface area contributed by atoms with Crippen molar-refractivity contribution in [1.29, 1.82) is 5.26 Å². The molecule has 0 radical (unpaired) electrons. The third-order valence-corrected chi connectivity index (χ3v) is 2.95. The first-order valence-electron chi connectivity index (χ1n) is 6.25. The Morgan fingerprint density at radius 2 is 2.00 bits per heavy atom. The van der Waals surface area contributed by atoms with E-state index in [1.54, 1.807) is 18.7 Å². The molecule has 0 heterocycles. The van der Waals surface area contributed by atoms with Gasteiger partial charge in [-0.2, -0.15) is 18.4 Å². The summed E-state index contributed by atoms with van der Waals surface area (Å²) in [7, 11) is 0. The van der Waals surface area contributed by atoms with Gasteiger partial charge in [0.25, 0.3) is 0 Å². The highest BCUT2D eigenvalue weighted by molar-refractivity contribution is 5.57. The van der Waals surface area contributed by atoms with E-state index in [1.165, 1.54) is 12.1 Å². The fourth-order valence-corrected chi connectivity index (χ4v) is 1.99. The summed E-state index contributed by atoms with van der Waals surface area (Å²) >= 11 is 0. The summed E-state index contributed by atoms with van der Waals surface area (Å²) in [6.07, 6.45) is -4.35. The number of hydrogen-bond donors (Lipinski definition) is 1. The van der Waals surface area contributed by atoms with E-state index in [-0.39, 0.29) is 30.3 Å². The molecule has 110 valence electrons. The van der Waals surface area contributed by atoms with Crippen molar-refractivity contribution in [3.05, 3.63) is 29.3 Å². The van der Waals surface area contributed by atoms with Crippen molar-refractivity contribution in [2.45, 2.75) is 39.1 Å². The summed E-state index contributed by atoms with van der Waals surface area (Å²) in [4.78, 5) is 1.55. The molecule has 0 saturated carbocycles. The minimum atomic E-state index is -4.50. The Balaban J connectivity index is 3.30. The molecule has 0 amide bonds. The third kappa shape index (κ3) is 3.87. The molecule has 1 aromatic carbocycles. The number of benzene rings is 1. The lowest BCUT2D eigenvalue weighted by Gasteiger charge is -2.31. The molecule has 0 unspecified atom stereocenters. The van der Waals surface area contributed by atoms with Gasteiger partial charge in [-0.15, -0.1) is 0 Å². The van der Waals surface area contributed by atoms with Crippen LogP contribution in [-0.2, 0) is 12.8 Å². The third-order valence-electron chi connectivity index (χ3n) is 2.95. The molecule has 1 aromatic rings. The van der Waals surface area contributed by atoms with Gasteiger partial charge in [-0.25, -0.2) is 0 Å². The van der Waals surface area contributed by atoms with E-state index in [1.807, 2.05) is 6.07 Å². The van der Waals surface area contributed by atoms with Gasteiger partial charge in [0.15, 0.2) is 0 Å². The maximum Gasteiger partial charge on any atom is 0.418 e. The van der Waals surface area contributed by atoms with E-state index in [9.17, 15) is 13.2 Å². The van der Waals surface area contributed by atoms with E-state index in [4.69, 9.17) is 10.4 Å². The standard InChI is InChI=1S/C14H17F3N2O/c1-10(2)19(7-3-6-18)13-5-4-11(9-20)8-12(13)14(15,16)17/h4-5,8,10,20H,3,7,9H2,1-2H3. The average Bonchev–Trinajstić information content (AvgIpc) is 2.37. The van der Waals surface area contributed by atoms with Gasteiger partial charge in [0.2, 0.25) is 0 Å². The molecule has 0 saturated heterocycles. The molecular formula is C14H17F3N2O. The van der Waals surface area contributed by atoms with Crippen molar-refractivity contribution in [2.75, 3.05) is 11.4 Å². The number of rotatable bonds is 5. The molecule has 0 fully saturated rings. The highest BCUT2D eigenvalue weighted by Crippen LogP contribution is 2.38. The van der Waals surface area contributed by atoms with Crippen LogP contribution in [0.5, 0.6) is 0 Å². The predicted octanol–water partition coefficient (Wildman–Crippen LogP) is 3.33. The highest BCUT2D eigenvalue weighted by Gasteiger charge is 2.35. The Hall–Kier alpha value is -1.74. The van der Waals surface area contributed by atoms with Crippen molar-refractivity contribution in [3.63, 3.8) is 0 Å². The Kier molecular flexibility index (Phi) is 5.40. The molecule has 1 rings (SSSR count). The normalized spacial score (nSPS) is 11.5. The minimum Gasteiger partial charge on any atom is -0.392 e. The number of aliphatic hydroxyl groups is 1. The van der Waals surface area contributed by atoms with E-state index in [0.717, 1.165) is 6.07 Å². The number of hydrogen-bond acceptors (Lipinski definition) is 3. The van der Waals surface area contributed by atoms with Gasteiger partial charge in [-0.05, 0) is 31.5 Å². The SMILES string of the molecule is CC(C)N(CCC#N)c1ccc(CO)cc1C(F)(F)F. The van der Waals surface area contributed by atoms with E-state index in [2.05, 4.69) is 0 Å². The van der Waals surface area contributed by atoms with Crippen molar-refractivity contribution >= 4 is 5.69 Å². The number of anilines is 1. The Morgan fingerprint density at radius 3 is 2.45 bits per heavy atom. The van der Waals surface area contributed by atoms with Gasteiger partial charge in [0.05, 0.1) is 24.7 Å². The second-order valence-electron chi connectivity index (χ2n) is 4.70. The lowest BCUT2D eigenvalue weighted by atomic mass is 10.1. The number of halogens is 3. The summed E-state index contributed by atoms with van der Waals surface area (Å²) < 4.78 is 39.4. The number of aliphatic hydroxyl groups excluding tert-OH is 1. The Bertz CT molecular complexity index is 492. The monoisotopic (exact) mass is 286 g/mol. The van der Waals surface area contributed by atoms with Gasteiger partial charge >= 0.3 is 6.18 Å². The predicted molar refractivity (Wildman–Crippen MR) is 70.1 cm³/mol. The zero-order chi connectivity index (χ0) is 15.3. The fraction of sp³-hybridized carbons (Fsp3) is 0.500. The molecule has 1 N–H and O–H groups in total. The Labute approximate surface area is 116 Å². The Morgan fingerprint density at radius 1 is 1.35 bits per heavy atom. The molecule has 0 bridgehead atoms. The van der Waals surface area contributed by atoms with Crippen molar-refractivity contribution in [3.8, 4) is 6.07 Å². The summed E-state index contributed by atoms with van der Waals surface area (Å²) in [5.74, 6) is 0. The second-order valence-corrected chi connectivity index (χ2v) is 4.70. The molecule has 0 aromatic heterocycles. The first kappa shape index (κ1) is 16.3. The molecule has 6 heteroatoms. The summed E-state index contributed by atoms with van der Waals surface area (Å²) in [6, 6.07) is 5.55. The smallest absolute Gasteiger partial charge is 0.392 e. The van der Waals surface area contributed by atoms with Crippen LogP contribution >= 0.6 is 0 Å². The molecular weight excluding hydrogens is 269 g/mol. The van der Waals surface area contributed by atoms with Crippen LogP contribution < -0.4 is 4.90 Å². The van der Waals surface area contributed by atoms with Crippen molar-refractivity contribution < 1.29 is 18.3 Å². The van der Waals surface area contributed by atoms with Gasteiger partial charge in [-0.1, -0.05) is 6.07 Å². The maximum atomic E-state index is 13.1. The first-order valence-corrected chi connectivity index (χ1v) is 6.25.